The van der Waals surface area contributed by atoms with Gasteiger partial charge in [0.25, 0.3) is 5.22 Å². The van der Waals surface area contributed by atoms with Crippen LogP contribution >= 0.6 is 11.8 Å². The molecular formula is C15H24N2O2S. The van der Waals surface area contributed by atoms with Crippen LogP contribution in [0.2, 0.25) is 0 Å². The minimum atomic E-state index is -0.170. The third-order valence-electron chi connectivity index (χ3n) is 3.95. The molecule has 1 aromatic rings. The van der Waals surface area contributed by atoms with Crippen molar-refractivity contribution in [3.05, 3.63) is 11.5 Å². The second kappa shape index (κ2) is 7.16. The van der Waals surface area contributed by atoms with E-state index in [-0.39, 0.29) is 11.2 Å². The summed E-state index contributed by atoms with van der Waals surface area (Å²) in [7, 11) is 0. The van der Waals surface area contributed by atoms with Gasteiger partial charge in [-0.1, -0.05) is 31.0 Å². The van der Waals surface area contributed by atoms with Gasteiger partial charge in [0.05, 0.1) is 10.9 Å². The van der Waals surface area contributed by atoms with Crippen molar-refractivity contribution in [3.63, 3.8) is 0 Å². The fourth-order valence-corrected chi connectivity index (χ4v) is 3.33. The summed E-state index contributed by atoms with van der Waals surface area (Å²) in [6.45, 7) is 6.51. The van der Waals surface area contributed by atoms with E-state index in [1.165, 1.54) is 43.9 Å². The lowest BCUT2D eigenvalue weighted by Crippen LogP contribution is -2.35. The number of aromatic nitrogens is 1. The van der Waals surface area contributed by atoms with Gasteiger partial charge < -0.3 is 9.73 Å². The first-order valence-electron chi connectivity index (χ1n) is 7.44. The molecule has 1 aliphatic rings. The van der Waals surface area contributed by atoms with Gasteiger partial charge in [0, 0.05) is 6.54 Å². The van der Waals surface area contributed by atoms with Gasteiger partial charge in [-0.25, -0.2) is 4.98 Å². The second-order valence-corrected chi connectivity index (χ2v) is 6.92. The van der Waals surface area contributed by atoms with Crippen LogP contribution in [0.3, 0.4) is 0 Å². The molecule has 4 nitrogen and oxygen atoms in total. The molecule has 0 saturated heterocycles. The summed E-state index contributed by atoms with van der Waals surface area (Å²) in [6, 6.07) is 0. The van der Waals surface area contributed by atoms with E-state index in [2.05, 4.69) is 10.3 Å². The molecule has 20 heavy (non-hydrogen) atoms. The predicted octanol–water partition coefficient (Wildman–Crippen LogP) is 3.47. The number of aryl methyl sites for hydroxylation is 2. The van der Waals surface area contributed by atoms with E-state index in [4.69, 9.17) is 4.42 Å². The quantitative estimate of drug-likeness (QED) is 0.845. The van der Waals surface area contributed by atoms with Gasteiger partial charge >= 0.3 is 0 Å². The maximum Gasteiger partial charge on any atom is 0.256 e. The van der Waals surface area contributed by atoms with Gasteiger partial charge in [-0.05, 0) is 39.5 Å². The zero-order valence-corrected chi connectivity index (χ0v) is 13.4. The van der Waals surface area contributed by atoms with Crippen molar-refractivity contribution in [2.75, 3.05) is 6.54 Å². The molecule has 1 aliphatic carbocycles. The summed E-state index contributed by atoms with van der Waals surface area (Å²) in [6.07, 6.45) is 6.46. The number of rotatable bonds is 5. The first kappa shape index (κ1) is 15.4. The Bertz CT molecular complexity index is 433. The number of nitrogens with zero attached hydrogens (tertiary/aromatic N) is 1. The first-order chi connectivity index (χ1) is 9.56. The Balaban J connectivity index is 1.76. The number of hydrogen-bond donors (Lipinski definition) is 1. The molecule has 0 bridgehead atoms. The van der Waals surface area contributed by atoms with Crippen LogP contribution in [0.1, 0.15) is 50.5 Å². The van der Waals surface area contributed by atoms with Gasteiger partial charge in [0.1, 0.15) is 5.76 Å². The second-order valence-electron chi connectivity index (χ2n) is 5.63. The van der Waals surface area contributed by atoms with Crippen LogP contribution in [-0.4, -0.2) is 22.7 Å². The molecule has 1 heterocycles. The van der Waals surface area contributed by atoms with E-state index in [1.54, 1.807) is 0 Å². The van der Waals surface area contributed by atoms with Crippen molar-refractivity contribution in [3.8, 4) is 0 Å². The number of thioether (sulfide) groups is 1. The lowest BCUT2D eigenvalue weighted by molar-refractivity contribution is -0.120. The monoisotopic (exact) mass is 296 g/mol. The van der Waals surface area contributed by atoms with Crippen molar-refractivity contribution < 1.29 is 9.21 Å². The van der Waals surface area contributed by atoms with Gasteiger partial charge in [0.15, 0.2) is 0 Å². The van der Waals surface area contributed by atoms with Crippen LogP contribution in [0.25, 0.3) is 0 Å². The zero-order valence-electron chi connectivity index (χ0n) is 12.6. The number of carbonyl (C=O) groups excluding carboxylic acids is 1. The molecule has 0 radical (unpaired) electrons. The van der Waals surface area contributed by atoms with Crippen LogP contribution < -0.4 is 5.32 Å². The van der Waals surface area contributed by atoms with Gasteiger partial charge in [-0.2, -0.15) is 0 Å². The van der Waals surface area contributed by atoms with Gasteiger partial charge in [0.2, 0.25) is 5.91 Å². The van der Waals surface area contributed by atoms with Crippen molar-refractivity contribution in [2.24, 2.45) is 5.92 Å². The summed E-state index contributed by atoms with van der Waals surface area (Å²) in [4.78, 5) is 16.4. The van der Waals surface area contributed by atoms with E-state index in [1.807, 2.05) is 20.8 Å². The fraction of sp³-hybridized carbons (Fsp3) is 0.733. The Kier molecular flexibility index (Phi) is 5.52. The lowest BCUT2D eigenvalue weighted by atomic mass is 9.89. The average Bonchev–Trinajstić information content (AvgIpc) is 2.75. The Morgan fingerprint density at radius 2 is 2.10 bits per heavy atom. The fourth-order valence-electron chi connectivity index (χ4n) is 2.48. The molecule has 0 aromatic carbocycles. The molecule has 1 aromatic heterocycles. The smallest absolute Gasteiger partial charge is 0.256 e. The first-order valence-corrected chi connectivity index (χ1v) is 8.32. The topological polar surface area (TPSA) is 55.1 Å². The van der Waals surface area contributed by atoms with Gasteiger partial charge in [-0.15, -0.1) is 0 Å². The Morgan fingerprint density at radius 3 is 2.70 bits per heavy atom. The normalized spacial score (nSPS) is 17.9. The molecule has 2 rings (SSSR count). The molecule has 5 heteroatoms. The van der Waals surface area contributed by atoms with Crippen molar-refractivity contribution in [1.29, 1.82) is 0 Å². The summed E-state index contributed by atoms with van der Waals surface area (Å²) in [5.74, 6) is 1.56. The van der Waals surface area contributed by atoms with Crippen LogP contribution in [-0.2, 0) is 4.79 Å². The van der Waals surface area contributed by atoms with Crippen LogP contribution in [0.5, 0.6) is 0 Å². The van der Waals surface area contributed by atoms with Crippen LogP contribution in [0.4, 0.5) is 0 Å². The Morgan fingerprint density at radius 1 is 1.40 bits per heavy atom. The summed E-state index contributed by atoms with van der Waals surface area (Å²) in [5, 5.41) is 3.48. The third-order valence-corrected chi connectivity index (χ3v) is 4.89. The largest absolute Gasteiger partial charge is 0.437 e. The SMILES string of the molecule is Cc1nc(S[C@@H](C)C(=O)NCC2CCCCC2)oc1C. The molecule has 112 valence electrons. The van der Waals surface area contributed by atoms with Crippen molar-refractivity contribution >= 4 is 17.7 Å². The highest BCUT2D eigenvalue weighted by Crippen LogP contribution is 2.25. The lowest BCUT2D eigenvalue weighted by Gasteiger charge is -2.22. The number of nitrogens with one attached hydrogen (secondary N) is 1. The summed E-state index contributed by atoms with van der Waals surface area (Å²) >= 11 is 1.38. The maximum absolute atomic E-state index is 12.1. The number of oxazole rings is 1. The molecule has 0 spiro atoms. The van der Waals surface area contributed by atoms with Crippen molar-refractivity contribution in [1.82, 2.24) is 10.3 Å². The van der Waals surface area contributed by atoms with Crippen LogP contribution in [0, 0.1) is 19.8 Å². The number of carbonyl (C=O) groups is 1. The standard InChI is InChI=1S/C15H24N2O2S/c1-10-11(2)19-15(17-10)20-12(3)14(18)16-9-13-7-5-4-6-8-13/h12-13H,4-9H2,1-3H3,(H,16,18)/t12-/m0/s1. The molecule has 1 saturated carbocycles. The highest BCUT2D eigenvalue weighted by molar-refractivity contribution is 8.00. The predicted molar refractivity (Wildman–Crippen MR) is 80.9 cm³/mol. The number of amides is 1. The molecular weight excluding hydrogens is 272 g/mol. The highest BCUT2D eigenvalue weighted by atomic mass is 32.2. The zero-order chi connectivity index (χ0) is 14.5. The Hall–Kier alpha value is -0.970. The molecule has 1 amide bonds. The van der Waals surface area contributed by atoms with E-state index < -0.39 is 0 Å². The molecule has 0 unspecified atom stereocenters. The van der Waals surface area contributed by atoms with E-state index in [9.17, 15) is 4.79 Å². The summed E-state index contributed by atoms with van der Waals surface area (Å²) < 4.78 is 5.50. The van der Waals surface area contributed by atoms with Crippen LogP contribution in [0.15, 0.2) is 9.64 Å². The summed E-state index contributed by atoms with van der Waals surface area (Å²) in [5.41, 5.74) is 0.891. The van der Waals surface area contributed by atoms with Gasteiger partial charge in [-0.3, -0.25) is 4.79 Å². The third kappa shape index (κ3) is 4.27. The number of hydrogen-bond acceptors (Lipinski definition) is 4. The Labute approximate surface area is 125 Å². The molecule has 0 aliphatic heterocycles. The minimum Gasteiger partial charge on any atom is -0.437 e. The molecule has 1 atom stereocenters. The minimum absolute atomic E-state index is 0.0779. The average molecular weight is 296 g/mol. The van der Waals surface area contributed by atoms with E-state index >= 15 is 0 Å². The van der Waals surface area contributed by atoms with Crippen molar-refractivity contribution in [2.45, 2.75) is 63.3 Å². The molecule has 1 N–H and O–H groups in total. The highest BCUT2D eigenvalue weighted by Gasteiger charge is 2.20. The maximum atomic E-state index is 12.1. The van der Waals surface area contributed by atoms with E-state index in [0.29, 0.717) is 11.1 Å². The molecule has 1 fully saturated rings. The van der Waals surface area contributed by atoms with E-state index in [0.717, 1.165) is 18.0 Å².